The maximum Gasteiger partial charge on any atom is 0.150 e. The zero-order valence-electron chi connectivity index (χ0n) is 14.2. The molecular weight excluding hydrogens is 317 g/mol. The number of hydrogen-bond donors (Lipinski definition) is 2. The Balaban J connectivity index is 0.000000212. The van der Waals surface area contributed by atoms with E-state index in [1.165, 1.54) is 29.8 Å². The summed E-state index contributed by atoms with van der Waals surface area (Å²) in [6.45, 7) is 2.08. The molecule has 0 unspecified atom stereocenters. The van der Waals surface area contributed by atoms with Gasteiger partial charge >= 0.3 is 0 Å². The largest absolute Gasteiger partial charge is 0.508 e. The van der Waals surface area contributed by atoms with Crippen LogP contribution in [0.2, 0.25) is 0 Å². The first-order valence-electron chi connectivity index (χ1n) is 7.82. The van der Waals surface area contributed by atoms with Gasteiger partial charge in [0, 0.05) is 18.3 Å². The molecule has 2 N–H and O–H groups in total. The molecule has 0 spiro atoms. The number of aromatic hydroxyl groups is 1. The van der Waals surface area contributed by atoms with E-state index in [9.17, 15) is 14.3 Å². The number of aryl methyl sites for hydroxylation is 1. The highest BCUT2D eigenvalue weighted by atomic mass is 19.1. The van der Waals surface area contributed by atoms with Crippen LogP contribution in [0.3, 0.4) is 0 Å². The fraction of sp³-hybridized carbons (Fsp3) is 0.0952. The van der Waals surface area contributed by atoms with E-state index in [2.05, 4.69) is 30.4 Å². The predicted molar refractivity (Wildman–Crippen MR) is 99.6 cm³/mol. The Morgan fingerprint density at radius 2 is 1.52 bits per heavy atom. The van der Waals surface area contributed by atoms with Crippen molar-refractivity contribution in [2.24, 2.45) is 0 Å². The molecule has 3 aromatic rings. The fourth-order valence-corrected chi connectivity index (χ4v) is 2.27. The van der Waals surface area contributed by atoms with Crippen LogP contribution in [0.5, 0.6) is 5.75 Å². The van der Waals surface area contributed by atoms with Crippen LogP contribution in [0, 0.1) is 12.7 Å². The van der Waals surface area contributed by atoms with Crippen molar-refractivity contribution < 1.29 is 14.3 Å². The summed E-state index contributed by atoms with van der Waals surface area (Å²) >= 11 is 0. The second-order valence-electron chi connectivity index (χ2n) is 5.50. The standard InChI is InChI=1S/C14H15NO.C7H5FO/c1-10-3-4-12(9-14(10)15-2)11-5-7-13(16)8-6-11;8-7-3-1-6(5-9)2-4-7/h3-9,15-16H,1-2H3;1-5H. The third-order valence-corrected chi connectivity index (χ3v) is 3.71. The van der Waals surface area contributed by atoms with Gasteiger partial charge in [-0.3, -0.25) is 4.79 Å². The van der Waals surface area contributed by atoms with Crippen LogP contribution in [0.1, 0.15) is 15.9 Å². The SMILES string of the molecule is CNc1cc(-c2ccc(O)cc2)ccc1C.O=Cc1ccc(F)cc1. The van der Waals surface area contributed by atoms with E-state index in [0.29, 0.717) is 17.6 Å². The Kier molecular flexibility index (Phi) is 6.29. The molecule has 0 amide bonds. The maximum atomic E-state index is 12.1. The van der Waals surface area contributed by atoms with Crippen LogP contribution < -0.4 is 5.32 Å². The molecule has 0 saturated carbocycles. The number of nitrogens with one attached hydrogen (secondary N) is 1. The first-order valence-corrected chi connectivity index (χ1v) is 7.82. The van der Waals surface area contributed by atoms with Crippen molar-refractivity contribution in [2.75, 3.05) is 12.4 Å². The molecule has 0 bridgehead atoms. The Morgan fingerprint density at radius 1 is 0.920 bits per heavy atom. The van der Waals surface area contributed by atoms with Gasteiger partial charge in [0.25, 0.3) is 0 Å². The molecule has 0 aliphatic heterocycles. The van der Waals surface area contributed by atoms with Gasteiger partial charge < -0.3 is 10.4 Å². The number of phenols is 1. The monoisotopic (exact) mass is 337 g/mol. The molecular formula is C21H20FNO2. The highest BCUT2D eigenvalue weighted by molar-refractivity contribution is 5.74. The van der Waals surface area contributed by atoms with Crippen LogP contribution >= 0.6 is 0 Å². The summed E-state index contributed by atoms with van der Waals surface area (Å²) in [6.07, 6.45) is 0.680. The summed E-state index contributed by atoms with van der Waals surface area (Å²) in [5.41, 5.74) is 5.11. The van der Waals surface area contributed by atoms with E-state index in [-0.39, 0.29) is 5.82 Å². The van der Waals surface area contributed by atoms with Gasteiger partial charge in [0.05, 0.1) is 0 Å². The Bertz CT molecular complexity index is 828. The summed E-state index contributed by atoms with van der Waals surface area (Å²) in [5, 5.41) is 12.4. The van der Waals surface area contributed by atoms with Crippen LogP contribution in [0.4, 0.5) is 10.1 Å². The highest BCUT2D eigenvalue weighted by Crippen LogP contribution is 2.26. The average molecular weight is 337 g/mol. The summed E-state index contributed by atoms with van der Waals surface area (Å²) in [4.78, 5) is 10.00. The highest BCUT2D eigenvalue weighted by Gasteiger charge is 2.01. The molecule has 0 aliphatic rings. The molecule has 3 rings (SSSR count). The molecule has 0 fully saturated rings. The van der Waals surface area contributed by atoms with Crippen molar-refractivity contribution in [3.05, 3.63) is 83.7 Å². The molecule has 0 atom stereocenters. The third-order valence-electron chi connectivity index (χ3n) is 3.71. The molecule has 0 radical (unpaired) electrons. The van der Waals surface area contributed by atoms with Crippen molar-refractivity contribution in [2.45, 2.75) is 6.92 Å². The number of carbonyl (C=O) groups excluding carboxylic acids is 1. The lowest BCUT2D eigenvalue weighted by atomic mass is 10.0. The lowest BCUT2D eigenvalue weighted by Crippen LogP contribution is -1.91. The summed E-state index contributed by atoms with van der Waals surface area (Å²) in [6, 6.07) is 18.9. The van der Waals surface area contributed by atoms with Gasteiger partial charge in [0.15, 0.2) is 0 Å². The number of rotatable bonds is 3. The number of carbonyl (C=O) groups is 1. The van der Waals surface area contributed by atoms with Crippen LogP contribution in [0.15, 0.2) is 66.7 Å². The zero-order valence-corrected chi connectivity index (χ0v) is 14.2. The Hall–Kier alpha value is -3.14. The van der Waals surface area contributed by atoms with Crippen molar-refractivity contribution >= 4 is 12.0 Å². The smallest absolute Gasteiger partial charge is 0.150 e. The normalized spacial score (nSPS) is 9.72. The van der Waals surface area contributed by atoms with E-state index in [1.807, 2.05) is 19.2 Å². The van der Waals surface area contributed by atoms with Crippen LogP contribution in [-0.4, -0.2) is 18.4 Å². The molecule has 0 aromatic heterocycles. The van der Waals surface area contributed by atoms with Gasteiger partial charge in [-0.15, -0.1) is 0 Å². The molecule has 25 heavy (non-hydrogen) atoms. The van der Waals surface area contributed by atoms with E-state index >= 15 is 0 Å². The van der Waals surface area contributed by atoms with E-state index < -0.39 is 0 Å². The van der Waals surface area contributed by atoms with Gasteiger partial charge in [0.1, 0.15) is 17.9 Å². The Morgan fingerprint density at radius 3 is 2.08 bits per heavy atom. The second kappa shape index (κ2) is 8.64. The summed E-state index contributed by atoms with van der Waals surface area (Å²) in [7, 11) is 1.92. The molecule has 128 valence electrons. The first kappa shape index (κ1) is 18.2. The summed E-state index contributed by atoms with van der Waals surface area (Å²) in [5.74, 6) is -0.0229. The molecule has 4 heteroatoms. The molecule has 0 saturated heterocycles. The van der Waals surface area contributed by atoms with Crippen molar-refractivity contribution in [3.63, 3.8) is 0 Å². The minimum Gasteiger partial charge on any atom is -0.508 e. The molecule has 3 aromatic carbocycles. The van der Waals surface area contributed by atoms with Crippen molar-refractivity contribution in [1.82, 2.24) is 0 Å². The number of halogens is 1. The molecule has 3 nitrogen and oxygen atoms in total. The Labute approximate surface area is 146 Å². The minimum absolute atomic E-state index is 0.296. The topological polar surface area (TPSA) is 49.3 Å². The lowest BCUT2D eigenvalue weighted by molar-refractivity contribution is 0.112. The van der Waals surface area contributed by atoms with Crippen LogP contribution in [-0.2, 0) is 0 Å². The van der Waals surface area contributed by atoms with Crippen LogP contribution in [0.25, 0.3) is 11.1 Å². The van der Waals surface area contributed by atoms with Gasteiger partial charge in [0.2, 0.25) is 0 Å². The van der Waals surface area contributed by atoms with E-state index in [1.54, 1.807) is 12.1 Å². The molecule has 0 aliphatic carbocycles. The van der Waals surface area contributed by atoms with Gasteiger partial charge in [-0.1, -0.05) is 24.3 Å². The van der Waals surface area contributed by atoms with Gasteiger partial charge in [-0.05, 0) is 66.1 Å². The van der Waals surface area contributed by atoms with Crippen molar-refractivity contribution in [1.29, 1.82) is 0 Å². The maximum absolute atomic E-state index is 12.1. The zero-order chi connectivity index (χ0) is 18.2. The first-order chi connectivity index (χ1) is 12.0. The van der Waals surface area contributed by atoms with E-state index in [0.717, 1.165) is 16.8 Å². The van der Waals surface area contributed by atoms with Gasteiger partial charge in [-0.25, -0.2) is 4.39 Å². The quantitative estimate of drug-likeness (QED) is 0.658. The minimum atomic E-state index is -0.319. The predicted octanol–water partition coefficient (Wildman–Crippen LogP) is 5.05. The number of hydrogen-bond acceptors (Lipinski definition) is 3. The number of phenolic OH excluding ortho intramolecular Hbond substituents is 1. The third kappa shape index (κ3) is 5.18. The lowest BCUT2D eigenvalue weighted by Gasteiger charge is -2.08. The summed E-state index contributed by atoms with van der Waals surface area (Å²) < 4.78 is 12.1. The molecule has 0 heterocycles. The fourth-order valence-electron chi connectivity index (χ4n) is 2.27. The average Bonchev–Trinajstić information content (AvgIpc) is 2.64. The van der Waals surface area contributed by atoms with Gasteiger partial charge in [-0.2, -0.15) is 0 Å². The number of aldehydes is 1. The second-order valence-corrected chi connectivity index (χ2v) is 5.50. The van der Waals surface area contributed by atoms with E-state index in [4.69, 9.17) is 0 Å². The van der Waals surface area contributed by atoms with Crippen molar-refractivity contribution in [3.8, 4) is 16.9 Å². The number of anilines is 1. The number of benzene rings is 3.